The van der Waals surface area contributed by atoms with Gasteiger partial charge in [0.05, 0.1) is 0 Å². The van der Waals surface area contributed by atoms with Crippen LogP contribution in [0.3, 0.4) is 0 Å². The van der Waals surface area contributed by atoms with Crippen molar-refractivity contribution in [3.63, 3.8) is 0 Å². The molecule has 1 fully saturated rings. The van der Waals surface area contributed by atoms with Gasteiger partial charge in [-0.1, -0.05) is 48.0 Å². The molecule has 2 heteroatoms. The lowest BCUT2D eigenvalue weighted by atomic mass is 9.75. The maximum Gasteiger partial charge on any atom is 0.123 e. The molecule has 2 aromatic rings. The average Bonchev–Trinajstić information content (AvgIpc) is 2.56. The first-order chi connectivity index (χ1) is 10.8. The molecule has 1 atom stereocenters. The van der Waals surface area contributed by atoms with Crippen LogP contribution in [0, 0.1) is 6.92 Å². The van der Waals surface area contributed by atoms with Crippen molar-refractivity contribution in [1.82, 2.24) is 5.32 Å². The van der Waals surface area contributed by atoms with Crippen molar-refractivity contribution in [3.8, 4) is 5.75 Å². The Hall–Kier alpha value is -1.80. The zero-order chi connectivity index (χ0) is 15.0. The van der Waals surface area contributed by atoms with Crippen molar-refractivity contribution < 1.29 is 4.74 Å². The predicted octanol–water partition coefficient (Wildman–Crippen LogP) is 4.03. The third kappa shape index (κ3) is 2.42. The second-order valence-corrected chi connectivity index (χ2v) is 6.74. The van der Waals surface area contributed by atoms with E-state index in [9.17, 15) is 0 Å². The quantitative estimate of drug-likeness (QED) is 0.857. The smallest absolute Gasteiger partial charge is 0.123 e. The molecule has 22 heavy (non-hydrogen) atoms. The van der Waals surface area contributed by atoms with E-state index in [0.29, 0.717) is 5.92 Å². The molecule has 1 spiro atoms. The van der Waals surface area contributed by atoms with Crippen molar-refractivity contribution in [2.24, 2.45) is 0 Å². The highest BCUT2D eigenvalue weighted by molar-refractivity contribution is 5.45. The van der Waals surface area contributed by atoms with Gasteiger partial charge in [0, 0.05) is 11.5 Å². The fourth-order valence-electron chi connectivity index (χ4n) is 3.90. The maximum absolute atomic E-state index is 6.50. The molecule has 1 saturated heterocycles. The summed E-state index contributed by atoms with van der Waals surface area (Å²) in [6.07, 6.45) is 3.29. The highest BCUT2D eigenvalue weighted by Gasteiger charge is 2.42. The van der Waals surface area contributed by atoms with Crippen LogP contribution in [0.4, 0.5) is 0 Å². The molecule has 0 bridgehead atoms. The number of rotatable bonds is 1. The molecule has 2 aromatic carbocycles. The normalized spacial score (nSPS) is 22.9. The van der Waals surface area contributed by atoms with Crippen molar-refractivity contribution in [2.45, 2.75) is 37.7 Å². The van der Waals surface area contributed by atoms with Crippen molar-refractivity contribution in [2.75, 3.05) is 13.1 Å². The van der Waals surface area contributed by atoms with Gasteiger partial charge in [0.2, 0.25) is 0 Å². The molecule has 2 aliphatic rings. The number of hydrogen-bond acceptors (Lipinski definition) is 2. The minimum atomic E-state index is 0.00908. The van der Waals surface area contributed by atoms with Crippen LogP contribution >= 0.6 is 0 Å². The molecule has 2 heterocycles. The SMILES string of the molecule is Cc1ccc(C2CC3(CCNCC3)Oc3ccccc32)cc1. The molecule has 2 nitrogen and oxygen atoms in total. The Bertz CT molecular complexity index is 656. The Morgan fingerprint density at radius 3 is 2.50 bits per heavy atom. The standard InChI is InChI=1S/C20H23NO/c1-15-6-8-16(9-7-15)18-14-20(10-12-21-13-11-20)22-19-5-3-2-4-17(18)19/h2-9,18,21H,10-14H2,1H3. The Labute approximate surface area is 132 Å². The Kier molecular flexibility index (Phi) is 3.42. The topological polar surface area (TPSA) is 21.3 Å². The van der Waals surface area contributed by atoms with Crippen molar-refractivity contribution in [1.29, 1.82) is 0 Å². The lowest BCUT2D eigenvalue weighted by molar-refractivity contribution is 0.0114. The van der Waals surface area contributed by atoms with E-state index in [0.717, 1.165) is 38.1 Å². The fraction of sp³-hybridized carbons (Fsp3) is 0.400. The lowest BCUT2D eigenvalue weighted by Gasteiger charge is -2.45. The number of ether oxygens (including phenoxy) is 1. The first-order valence-corrected chi connectivity index (χ1v) is 8.31. The van der Waals surface area contributed by atoms with Crippen LogP contribution in [-0.4, -0.2) is 18.7 Å². The molecule has 1 unspecified atom stereocenters. The summed E-state index contributed by atoms with van der Waals surface area (Å²) in [7, 11) is 0. The largest absolute Gasteiger partial charge is 0.487 e. The predicted molar refractivity (Wildman–Crippen MR) is 89.5 cm³/mol. The molecule has 114 valence electrons. The number of benzene rings is 2. The van der Waals surface area contributed by atoms with Gasteiger partial charge in [-0.2, -0.15) is 0 Å². The summed E-state index contributed by atoms with van der Waals surface area (Å²) in [5, 5.41) is 3.46. The monoisotopic (exact) mass is 293 g/mol. The molecule has 2 aliphatic heterocycles. The van der Waals surface area contributed by atoms with E-state index in [1.807, 2.05) is 0 Å². The van der Waals surface area contributed by atoms with Crippen LogP contribution in [0.15, 0.2) is 48.5 Å². The molecule has 0 amide bonds. The third-order valence-electron chi connectivity index (χ3n) is 5.19. The molecule has 4 rings (SSSR count). The number of piperidine rings is 1. The van der Waals surface area contributed by atoms with Crippen molar-refractivity contribution >= 4 is 0 Å². The molecule has 1 N–H and O–H groups in total. The third-order valence-corrected chi connectivity index (χ3v) is 5.19. The first-order valence-electron chi connectivity index (χ1n) is 8.31. The molecule has 0 aliphatic carbocycles. The summed E-state index contributed by atoms with van der Waals surface area (Å²) in [5.41, 5.74) is 4.09. The summed E-state index contributed by atoms with van der Waals surface area (Å²) in [6, 6.07) is 17.6. The Morgan fingerprint density at radius 1 is 1.00 bits per heavy atom. The molecular weight excluding hydrogens is 270 g/mol. The number of nitrogens with one attached hydrogen (secondary N) is 1. The van der Waals surface area contributed by atoms with E-state index < -0.39 is 0 Å². The second kappa shape index (κ2) is 5.44. The lowest BCUT2D eigenvalue weighted by Crippen LogP contribution is -2.49. The minimum Gasteiger partial charge on any atom is -0.487 e. The van der Waals surface area contributed by atoms with E-state index in [-0.39, 0.29) is 5.60 Å². The van der Waals surface area contributed by atoms with Crippen LogP contribution < -0.4 is 10.1 Å². The van der Waals surface area contributed by atoms with Gasteiger partial charge < -0.3 is 10.1 Å². The first kappa shape index (κ1) is 13.8. The number of aryl methyl sites for hydroxylation is 1. The zero-order valence-electron chi connectivity index (χ0n) is 13.1. The summed E-state index contributed by atoms with van der Waals surface area (Å²) >= 11 is 0. The second-order valence-electron chi connectivity index (χ2n) is 6.74. The van der Waals surface area contributed by atoms with Crippen LogP contribution in [0.25, 0.3) is 0 Å². The molecular formula is C20H23NO. The van der Waals surface area contributed by atoms with E-state index >= 15 is 0 Å². The molecule has 0 saturated carbocycles. The van der Waals surface area contributed by atoms with E-state index in [1.165, 1.54) is 16.7 Å². The summed E-state index contributed by atoms with van der Waals surface area (Å²) < 4.78 is 6.50. The van der Waals surface area contributed by atoms with Gasteiger partial charge in [0.25, 0.3) is 0 Å². The van der Waals surface area contributed by atoms with Gasteiger partial charge in [0.15, 0.2) is 0 Å². The average molecular weight is 293 g/mol. The van der Waals surface area contributed by atoms with Gasteiger partial charge in [0.1, 0.15) is 11.4 Å². The number of fused-ring (bicyclic) bond motifs is 1. The van der Waals surface area contributed by atoms with Crippen molar-refractivity contribution in [3.05, 3.63) is 65.2 Å². The maximum atomic E-state index is 6.50. The highest BCUT2D eigenvalue weighted by Crippen LogP contribution is 2.47. The number of hydrogen-bond donors (Lipinski definition) is 1. The summed E-state index contributed by atoms with van der Waals surface area (Å²) in [4.78, 5) is 0. The Balaban J connectivity index is 1.77. The van der Waals surface area contributed by atoms with E-state index in [1.54, 1.807) is 0 Å². The number of para-hydroxylation sites is 1. The van der Waals surface area contributed by atoms with Gasteiger partial charge in [-0.25, -0.2) is 0 Å². The fourth-order valence-corrected chi connectivity index (χ4v) is 3.90. The summed E-state index contributed by atoms with van der Waals surface area (Å²) in [6.45, 7) is 4.27. The van der Waals surface area contributed by atoms with E-state index in [2.05, 4.69) is 60.8 Å². The van der Waals surface area contributed by atoms with E-state index in [4.69, 9.17) is 4.74 Å². The van der Waals surface area contributed by atoms with Crippen LogP contribution in [0.5, 0.6) is 5.75 Å². The highest BCUT2D eigenvalue weighted by atomic mass is 16.5. The molecule has 0 aromatic heterocycles. The van der Waals surface area contributed by atoms with Crippen LogP contribution in [-0.2, 0) is 0 Å². The zero-order valence-corrected chi connectivity index (χ0v) is 13.1. The van der Waals surface area contributed by atoms with Gasteiger partial charge in [-0.15, -0.1) is 0 Å². The minimum absolute atomic E-state index is 0.00908. The van der Waals surface area contributed by atoms with Gasteiger partial charge >= 0.3 is 0 Å². The van der Waals surface area contributed by atoms with Crippen LogP contribution in [0.1, 0.15) is 41.9 Å². The van der Waals surface area contributed by atoms with Crippen LogP contribution in [0.2, 0.25) is 0 Å². The molecule has 0 radical (unpaired) electrons. The Morgan fingerprint density at radius 2 is 1.73 bits per heavy atom. The summed E-state index contributed by atoms with van der Waals surface area (Å²) in [5.74, 6) is 1.53. The van der Waals surface area contributed by atoms with Gasteiger partial charge in [-0.05, 0) is 50.9 Å². The van der Waals surface area contributed by atoms with Gasteiger partial charge in [-0.3, -0.25) is 0 Å².